The molecule has 0 unspecified atom stereocenters. The van der Waals surface area contributed by atoms with E-state index in [1.807, 2.05) is 20.0 Å². The maximum Gasteiger partial charge on any atom is 0.0525 e. The molecule has 1 heterocycles. The third kappa shape index (κ3) is 6.16. The van der Waals surface area contributed by atoms with Gasteiger partial charge in [0.2, 0.25) is 0 Å². The molecule has 0 spiro atoms. The van der Waals surface area contributed by atoms with Crippen molar-refractivity contribution < 1.29 is 0 Å². The molecule has 1 nitrogen and oxygen atoms in total. The zero-order chi connectivity index (χ0) is 28.7. The molecule has 1 aromatic heterocycles. The lowest BCUT2D eigenvalue weighted by Crippen LogP contribution is -2.36. The largest absolute Gasteiger partial charge is 0.260 e. The summed E-state index contributed by atoms with van der Waals surface area (Å²) in [7, 11) is 0. The lowest BCUT2D eigenvalue weighted by atomic mass is 9.67. The van der Waals surface area contributed by atoms with Gasteiger partial charge in [-0.3, -0.25) is 4.98 Å². The van der Waals surface area contributed by atoms with Gasteiger partial charge < -0.3 is 0 Å². The molecule has 0 N–H and O–H groups in total. The molecule has 2 heteroatoms. The van der Waals surface area contributed by atoms with Gasteiger partial charge in [-0.1, -0.05) is 147 Å². The number of hydrogen-bond donors (Lipinski definition) is 0. The van der Waals surface area contributed by atoms with Gasteiger partial charge in [0.25, 0.3) is 0 Å². The van der Waals surface area contributed by atoms with E-state index in [-0.39, 0.29) is 10.8 Å². The van der Waals surface area contributed by atoms with Gasteiger partial charge in [-0.05, 0) is 72.4 Å². The fourth-order valence-corrected chi connectivity index (χ4v) is 7.29. The minimum atomic E-state index is -0.183. The molecule has 0 saturated heterocycles. The second-order valence-corrected chi connectivity index (χ2v) is 11.7. The number of fused-ring (bicyclic) bond motifs is 1. The Balaban J connectivity index is 0.00000165. The second-order valence-electron chi connectivity index (χ2n) is 11.4. The maximum atomic E-state index is 7.35. The SMILES string of the molecule is CC.Cc1cnc2c(c1Cl)C(Cc1ccccc1)(Cc1ccccc1)CC2(Cc1ccccc1)Cc1ccccc1. The molecule has 208 valence electrons. The van der Waals surface area contributed by atoms with E-state index in [4.69, 9.17) is 16.6 Å². The molecule has 0 aliphatic heterocycles. The van der Waals surface area contributed by atoms with Crippen molar-refractivity contribution in [1.82, 2.24) is 4.98 Å². The zero-order valence-corrected chi connectivity index (χ0v) is 25.2. The number of aromatic nitrogens is 1. The van der Waals surface area contributed by atoms with E-state index < -0.39 is 0 Å². The van der Waals surface area contributed by atoms with E-state index in [0.29, 0.717) is 0 Å². The molecule has 1 aliphatic carbocycles. The van der Waals surface area contributed by atoms with Crippen molar-refractivity contribution in [3.8, 4) is 0 Å². The topological polar surface area (TPSA) is 12.9 Å². The van der Waals surface area contributed by atoms with Crippen molar-refractivity contribution in [3.05, 3.63) is 172 Å². The van der Waals surface area contributed by atoms with E-state index in [1.165, 1.54) is 33.5 Å². The van der Waals surface area contributed by atoms with E-state index in [1.54, 1.807) is 0 Å². The molecule has 0 saturated carbocycles. The average Bonchev–Trinajstić information content (AvgIpc) is 3.26. The van der Waals surface area contributed by atoms with Gasteiger partial charge in [0, 0.05) is 17.0 Å². The average molecular weight is 558 g/mol. The summed E-state index contributed by atoms with van der Waals surface area (Å²) in [4.78, 5) is 5.26. The molecule has 0 amide bonds. The lowest BCUT2D eigenvalue weighted by molar-refractivity contribution is 0.302. The standard InChI is InChI=1S/C37H34ClN.C2H6/c1-28-26-39-35-33(34(28)38)36(22-29-14-6-2-7-15-29,23-30-16-8-3-9-17-30)27-37(35,24-31-18-10-4-11-19-31)25-32-20-12-5-13-21-32;1-2/h2-21,26H,22-25,27H2,1H3;1-2H3. The van der Waals surface area contributed by atoms with Crippen LogP contribution in [0.2, 0.25) is 5.02 Å². The van der Waals surface area contributed by atoms with Gasteiger partial charge in [-0.15, -0.1) is 0 Å². The van der Waals surface area contributed by atoms with E-state index >= 15 is 0 Å². The van der Waals surface area contributed by atoms with Gasteiger partial charge in [-0.25, -0.2) is 0 Å². The fraction of sp³-hybridized carbons (Fsp3) is 0.256. The molecule has 1 aliphatic rings. The fourth-order valence-electron chi connectivity index (χ4n) is 6.96. The Morgan fingerprint density at radius 1 is 0.561 bits per heavy atom. The van der Waals surface area contributed by atoms with Crippen LogP contribution >= 0.6 is 11.6 Å². The summed E-state index contributed by atoms with van der Waals surface area (Å²) in [5.41, 5.74) is 8.48. The summed E-state index contributed by atoms with van der Waals surface area (Å²) in [6.07, 6.45) is 6.67. The van der Waals surface area contributed by atoms with Crippen LogP contribution in [0.5, 0.6) is 0 Å². The molecule has 5 aromatic rings. The minimum absolute atomic E-state index is 0.182. The molecule has 6 rings (SSSR count). The molecule has 0 fully saturated rings. The van der Waals surface area contributed by atoms with Gasteiger partial charge in [0.05, 0.1) is 10.7 Å². The molecule has 0 atom stereocenters. The Labute approximate surface area is 251 Å². The van der Waals surface area contributed by atoms with Crippen molar-refractivity contribution in [2.45, 2.75) is 63.7 Å². The number of rotatable bonds is 8. The number of aryl methyl sites for hydroxylation is 1. The summed E-state index contributed by atoms with van der Waals surface area (Å²) >= 11 is 7.35. The summed E-state index contributed by atoms with van der Waals surface area (Å²) in [5.74, 6) is 0. The van der Waals surface area contributed by atoms with Crippen molar-refractivity contribution in [2.75, 3.05) is 0 Å². The van der Waals surface area contributed by atoms with Crippen molar-refractivity contribution in [2.24, 2.45) is 0 Å². The Morgan fingerprint density at radius 3 is 1.27 bits per heavy atom. The first-order chi connectivity index (χ1) is 20.1. The first-order valence-electron chi connectivity index (χ1n) is 14.9. The van der Waals surface area contributed by atoms with Gasteiger partial charge in [0.1, 0.15) is 0 Å². The molecular weight excluding hydrogens is 518 g/mol. The number of pyridine rings is 1. The third-order valence-electron chi connectivity index (χ3n) is 8.44. The van der Waals surface area contributed by atoms with Crippen LogP contribution in [0.3, 0.4) is 0 Å². The van der Waals surface area contributed by atoms with Crippen LogP contribution in [0.4, 0.5) is 0 Å². The van der Waals surface area contributed by atoms with Crippen molar-refractivity contribution in [1.29, 1.82) is 0 Å². The highest BCUT2D eigenvalue weighted by Crippen LogP contribution is 2.57. The summed E-state index contributed by atoms with van der Waals surface area (Å²) < 4.78 is 0. The minimum Gasteiger partial charge on any atom is -0.260 e. The predicted octanol–water partition coefficient (Wildman–Crippen LogP) is 9.92. The first kappa shape index (κ1) is 28.8. The second kappa shape index (κ2) is 12.9. The zero-order valence-electron chi connectivity index (χ0n) is 24.5. The summed E-state index contributed by atoms with van der Waals surface area (Å²) in [6.45, 7) is 6.10. The first-order valence-corrected chi connectivity index (χ1v) is 15.3. The van der Waals surface area contributed by atoms with Crippen LogP contribution in [0, 0.1) is 6.92 Å². The van der Waals surface area contributed by atoms with Crippen LogP contribution in [0.25, 0.3) is 0 Å². The number of nitrogens with zero attached hydrogens (tertiary/aromatic N) is 1. The Kier molecular flexibility index (Phi) is 9.06. The summed E-state index contributed by atoms with van der Waals surface area (Å²) in [6, 6.07) is 43.7. The summed E-state index contributed by atoms with van der Waals surface area (Å²) in [5, 5.41) is 0.884. The van der Waals surface area contributed by atoms with Crippen LogP contribution in [-0.2, 0) is 36.5 Å². The molecule has 4 aromatic carbocycles. The lowest BCUT2D eigenvalue weighted by Gasteiger charge is -2.36. The smallest absolute Gasteiger partial charge is 0.0525 e. The molecule has 41 heavy (non-hydrogen) atoms. The van der Waals surface area contributed by atoms with Crippen molar-refractivity contribution in [3.63, 3.8) is 0 Å². The number of hydrogen-bond acceptors (Lipinski definition) is 1. The highest BCUT2D eigenvalue weighted by atomic mass is 35.5. The van der Waals surface area contributed by atoms with Crippen molar-refractivity contribution >= 4 is 11.6 Å². The highest BCUT2D eigenvalue weighted by molar-refractivity contribution is 6.32. The van der Waals surface area contributed by atoms with Gasteiger partial charge >= 0.3 is 0 Å². The van der Waals surface area contributed by atoms with Crippen LogP contribution in [0.1, 0.15) is 59.3 Å². The van der Waals surface area contributed by atoms with Gasteiger partial charge in [-0.2, -0.15) is 0 Å². The quantitative estimate of drug-likeness (QED) is 0.185. The molecular formula is C39H40ClN. The molecule has 0 radical (unpaired) electrons. The maximum absolute atomic E-state index is 7.35. The van der Waals surface area contributed by atoms with Crippen LogP contribution < -0.4 is 0 Å². The third-order valence-corrected chi connectivity index (χ3v) is 8.93. The van der Waals surface area contributed by atoms with Crippen LogP contribution in [0.15, 0.2) is 128 Å². The normalized spacial score (nSPS) is 14.5. The Bertz CT molecular complexity index is 1450. The van der Waals surface area contributed by atoms with Gasteiger partial charge in [0.15, 0.2) is 0 Å². The predicted molar refractivity (Wildman–Crippen MR) is 174 cm³/mol. The Hall–Kier alpha value is -3.68. The number of benzene rings is 4. The van der Waals surface area contributed by atoms with Crippen LogP contribution in [-0.4, -0.2) is 4.98 Å². The highest BCUT2D eigenvalue weighted by Gasteiger charge is 2.54. The molecule has 0 bridgehead atoms. The Morgan fingerprint density at radius 2 is 0.902 bits per heavy atom. The van der Waals surface area contributed by atoms with E-state index in [0.717, 1.165) is 42.7 Å². The van der Waals surface area contributed by atoms with E-state index in [9.17, 15) is 0 Å². The number of halogens is 1. The monoisotopic (exact) mass is 557 g/mol. The van der Waals surface area contributed by atoms with E-state index in [2.05, 4.69) is 128 Å².